The quantitative estimate of drug-likeness (QED) is 0.405. The van der Waals surface area contributed by atoms with Gasteiger partial charge < -0.3 is 20.5 Å². The summed E-state index contributed by atoms with van der Waals surface area (Å²) in [5.74, 6) is -1.89. The highest BCUT2D eigenvalue weighted by Gasteiger charge is 2.34. The number of amides is 3. The topological polar surface area (TPSA) is 105 Å². The summed E-state index contributed by atoms with van der Waals surface area (Å²) in [6, 6.07) is 13.5. The average Bonchev–Trinajstić information content (AvgIpc) is 3.22. The van der Waals surface area contributed by atoms with E-state index in [-0.39, 0.29) is 28.6 Å². The number of nitrogens with zero attached hydrogens (tertiary/aromatic N) is 2. The molecule has 1 aliphatic heterocycles. The maximum atomic E-state index is 14.1. The first-order chi connectivity index (χ1) is 16.9. The van der Waals surface area contributed by atoms with Crippen LogP contribution in [0, 0.1) is 5.82 Å². The molecule has 1 atom stereocenters. The van der Waals surface area contributed by atoms with Gasteiger partial charge in [-0.05, 0) is 35.7 Å². The van der Waals surface area contributed by atoms with Gasteiger partial charge in [0.25, 0.3) is 11.8 Å². The fourth-order valence-corrected chi connectivity index (χ4v) is 4.46. The molecule has 35 heavy (non-hydrogen) atoms. The number of carbonyl (C=O) groups is 3. The van der Waals surface area contributed by atoms with Gasteiger partial charge in [-0.1, -0.05) is 35.9 Å². The average molecular weight is 492 g/mol. The Hall–Kier alpha value is -4.24. The normalized spacial score (nSPS) is 14.8. The van der Waals surface area contributed by atoms with E-state index >= 15 is 0 Å². The monoisotopic (exact) mass is 491 g/mol. The third-order valence-electron chi connectivity index (χ3n) is 5.86. The number of halogens is 2. The molecule has 8 nitrogen and oxygen atoms in total. The van der Waals surface area contributed by atoms with Crippen LogP contribution in [0.4, 0.5) is 10.1 Å². The van der Waals surface area contributed by atoms with E-state index in [1.807, 2.05) is 24.3 Å². The zero-order chi connectivity index (χ0) is 24.7. The number of hydrogen-bond acceptors (Lipinski definition) is 4. The molecule has 4 aromatic rings. The summed E-state index contributed by atoms with van der Waals surface area (Å²) in [6.07, 6.45) is 1.60. The van der Waals surface area contributed by atoms with Gasteiger partial charge in [0, 0.05) is 29.2 Å². The summed E-state index contributed by atoms with van der Waals surface area (Å²) < 4.78 is 15.6. The zero-order valence-electron chi connectivity index (χ0n) is 18.4. The molecule has 2 aromatic carbocycles. The number of anilines is 1. The highest BCUT2D eigenvalue weighted by molar-refractivity contribution is 6.31. The lowest BCUT2D eigenvalue weighted by atomic mass is 10.0. The van der Waals surface area contributed by atoms with Gasteiger partial charge in [-0.15, -0.1) is 0 Å². The first-order valence-corrected chi connectivity index (χ1v) is 11.1. The van der Waals surface area contributed by atoms with E-state index < -0.39 is 29.6 Å². The van der Waals surface area contributed by atoms with Crippen LogP contribution in [-0.4, -0.2) is 34.3 Å². The molecule has 3 amide bonds. The summed E-state index contributed by atoms with van der Waals surface area (Å²) in [5, 5.41) is 10.1. The van der Waals surface area contributed by atoms with Crippen LogP contribution in [0.5, 0.6) is 0 Å². The van der Waals surface area contributed by atoms with E-state index in [0.29, 0.717) is 11.3 Å². The molecule has 0 saturated carbocycles. The summed E-state index contributed by atoms with van der Waals surface area (Å²) in [5.41, 5.74) is 1.29. The molecular weight excluding hydrogens is 473 g/mol. The molecule has 3 N–H and O–H groups in total. The molecular formula is C25H19ClFN5O3. The molecule has 0 aliphatic carbocycles. The standard InChI is InChI=1S/C25H19ClFN5O3/c1-28-25(35)20-10-18(30-24(34)19-8-13-4-2-3-5-14(13)11-29-19)23-22(31-21(33)12-32(20)23)16-9-15(27)6-7-17(16)26/h2-11,22H,12H2,1H3,(H,28,35)(H,30,34)(H,31,33). The van der Waals surface area contributed by atoms with Crippen molar-refractivity contribution in [2.75, 3.05) is 12.4 Å². The predicted molar refractivity (Wildman–Crippen MR) is 129 cm³/mol. The Kier molecular flexibility index (Phi) is 5.70. The van der Waals surface area contributed by atoms with Crippen molar-refractivity contribution in [3.05, 3.63) is 94.3 Å². The van der Waals surface area contributed by atoms with E-state index in [4.69, 9.17) is 11.6 Å². The number of fused-ring (bicyclic) bond motifs is 2. The third kappa shape index (κ3) is 4.10. The minimum Gasteiger partial charge on any atom is -0.354 e. The van der Waals surface area contributed by atoms with E-state index in [9.17, 15) is 18.8 Å². The van der Waals surface area contributed by atoms with Crippen LogP contribution in [0.15, 0.2) is 60.8 Å². The van der Waals surface area contributed by atoms with E-state index in [2.05, 4.69) is 20.9 Å². The van der Waals surface area contributed by atoms with Crippen molar-refractivity contribution in [3.8, 4) is 0 Å². The SMILES string of the molecule is CNC(=O)c1cc(NC(=O)c2cc3ccccc3cn2)c2n1CC(=O)NC2c1cc(F)ccc1Cl. The Balaban J connectivity index is 1.62. The number of benzene rings is 2. The molecule has 5 rings (SSSR count). The van der Waals surface area contributed by atoms with E-state index in [1.165, 1.54) is 35.9 Å². The Morgan fingerprint density at radius 1 is 1.11 bits per heavy atom. The van der Waals surface area contributed by atoms with Gasteiger partial charge >= 0.3 is 0 Å². The minimum absolute atomic E-state index is 0.161. The fourth-order valence-electron chi connectivity index (χ4n) is 4.24. The van der Waals surface area contributed by atoms with Crippen molar-refractivity contribution in [2.24, 2.45) is 0 Å². The largest absolute Gasteiger partial charge is 0.354 e. The molecule has 1 unspecified atom stereocenters. The van der Waals surface area contributed by atoms with Crippen LogP contribution in [0.25, 0.3) is 10.8 Å². The lowest BCUT2D eigenvalue weighted by Crippen LogP contribution is -2.40. The van der Waals surface area contributed by atoms with Gasteiger partial charge in [-0.25, -0.2) is 4.39 Å². The van der Waals surface area contributed by atoms with Crippen LogP contribution < -0.4 is 16.0 Å². The molecule has 0 radical (unpaired) electrons. The molecule has 0 spiro atoms. The van der Waals surface area contributed by atoms with Gasteiger partial charge in [0.05, 0.1) is 17.4 Å². The zero-order valence-corrected chi connectivity index (χ0v) is 19.2. The van der Waals surface area contributed by atoms with Crippen LogP contribution in [0.2, 0.25) is 5.02 Å². The van der Waals surface area contributed by atoms with Crippen molar-refractivity contribution in [3.63, 3.8) is 0 Å². The maximum absolute atomic E-state index is 14.1. The summed E-state index contributed by atoms with van der Waals surface area (Å²) in [4.78, 5) is 42.6. The second-order valence-electron chi connectivity index (χ2n) is 8.03. The first-order valence-electron chi connectivity index (χ1n) is 10.7. The van der Waals surface area contributed by atoms with Gasteiger partial charge in [-0.3, -0.25) is 19.4 Å². The first kappa shape index (κ1) is 22.5. The van der Waals surface area contributed by atoms with Crippen molar-refractivity contribution in [2.45, 2.75) is 12.6 Å². The summed E-state index contributed by atoms with van der Waals surface area (Å²) in [7, 11) is 1.46. The second kappa shape index (κ2) is 8.84. The number of carbonyl (C=O) groups excluding carboxylic acids is 3. The molecule has 0 saturated heterocycles. The smallest absolute Gasteiger partial charge is 0.274 e. The highest BCUT2D eigenvalue weighted by Crippen LogP contribution is 2.37. The van der Waals surface area contributed by atoms with Crippen molar-refractivity contribution in [1.29, 1.82) is 0 Å². The number of rotatable bonds is 4. The van der Waals surface area contributed by atoms with Gasteiger partial charge in [0.2, 0.25) is 5.91 Å². The molecule has 2 aromatic heterocycles. The Morgan fingerprint density at radius 2 is 1.89 bits per heavy atom. The van der Waals surface area contributed by atoms with Crippen LogP contribution in [0.3, 0.4) is 0 Å². The second-order valence-corrected chi connectivity index (χ2v) is 8.44. The number of aromatic nitrogens is 2. The molecule has 1 aliphatic rings. The van der Waals surface area contributed by atoms with Gasteiger partial charge in [0.1, 0.15) is 23.7 Å². The Bertz CT molecular complexity index is 1520. The summed E-state index contributed by atoms with van der Waals surface area (Å²) in [6.45, 7) is -0.161. The van der Waals surface area contributed by atoms with Crippen molar-refractivity contribution >= 4 is 45.8 Å². The van der Waals surface area contributed by atoms with Gasteiger partial charge in [0.15, 0.2) is 0 Å². The van der Waals surface area contributed by atoms with Gasteiger partial charge in [-0.2, -0.15) is 0 Å². The third-order valence-corrected chi connectivity index (χ3v) is 6.20. The lowest BCUT2D eigenvalue weighted by Gasteiger charge is -2.29. The number of hydrogen-bond donors (Lipinski definition) is 3. The number of nitrogens with one attached hydrogen (secondary N) is 3. The Morgan fingerprint density at radius 3 is 2.66 bits per heavy atom. The maximum Gasteiger partial charge on any atom is 0.274 e. The van der Waals surface area contributed by atoms with Crippen molar-refractivity contribution in [1.82, 2.24) is 20.2 Å². The van der Waals surface area contributed by atoms with Crippen LogP contribution in [-0.2, 0) is 11.3 Å². The van der Waals surface area contributed by atoms with E-state index in [0.717, 1.165) is 10.8 Å². The fraction of sp³-hybridized carbons (Fsp3) is 0.120. The van der Waals surface area contributed by atoms with Crippen LogP contribution in [0.1, 0.15) is 38.3 Å². The Labute approximate surface area is 204 Å². The summed E-state index contributed by atoms with van der Waals surface area (Å²) >= 11 is 6.35. The number of pyridine rings is 1. The highest BCUT2D eigenvalue weighted by atomic mass is 35.5. The van der Waals surface area contributed by atoms with E-state index in [1.54, 1.807) is 12.3 Å². The molecule has 3 heterocycles. The predicted octanol–water partition coefficient (Wildman–Crippen LogP) is 3.66. The lowest BCUT2D eigenvalue weighted by molar-refractivity contribution is -0.123. The molecule has 0 bridgehead atoms. The minimum atomic E-state index is -0.905. The molecule has 0 fully saturated rings. The van der Waals surface area contributed by atoms with Crippen LogP contribution >= 0.6 is 11.6 Å². The molecule has 176 valence electrons. The molecule has 10 heteroatoms. The van der Waals surface area contributed by atoms with Crippen molar-refractivity contribution < 1.29 is 18.8 Å².